The summed E-state index contributed by atoms with van der Waals surface area (Å²) in [7, 11) is 0. The lowest BCUT2D eigenvalue weighted by Gasteiger charge is -2.44. The van der Waals surface area contributed by atoms with Gasteiger partial charge in [0.2, 0.25) is 5.91 Å². The molecule has 2 heterocycles. The second-order valence-electron chi connectivity index (χ2n) is 5.54. The molecule has 1 aliphatic heterocycles. The molecule has 1 aromatic heterocycles. The lowest BCUT2D eigenvalue weighted by molar-refractivity contribution is -0.152. The van der Waals surface area contributed by atoms with Crippen molar-refractivity contribution in [1.29, 1.82) is 0 Å². The summed E-state index contributed by atoms with van der Waals surface area (Å²) >= 11 is 0. The van der Waals surface area contributed by atoms with Crippen LogP contribution in [0.5, 0.6) is 0 Å². The summed E-state index contributed by atoms with van der Waals surface area (Å²) in [6.07, 6.45) is 0.369. The van der Waals surface area contributed by atoms with E-state index >= 15 is 0 Å². The summed E-state index contributed by atoms with van der Waals surface area (Å²) in [5, 5.41) is 3.86. The average molecular weight is 252 g/mol. The zero-order valence-electron chi connectivity index (χ0n) is 11.4. The van der Waals surface area contributed by atoms with Crippen LogP contribution < -0.4 is 0 Å². The molecule has 5 nitrogen and oxygen atoms in total. The molecule has 100 valence electrons. The van der Waals surface area contributed by atoms with Gasteiger partial charge in [-0.05, 0) is 27.7 Å². The van der Waals surface area contributed by atoms with Gasteiger partial charge in [-0.3, -0.25) is 4.79 Å². The van der Waals surface area contributed by atoms with Gasteiger partial charge in [0.15, 0.2) is 0 Å². The Morgan fingerprint density at radius 1 is 1.61 bits per heavy atom. The van der Waals surface area contributed by atoms with E-state index in [4.69, 9.17) is 9.26 Å². The molecule has 0 bridgehead atoms. The highest BCUT2D eigenvalue weighted by Crippen LogP contribution is 2.23. The van der Waals surface area contributed by atoms with Crippen LogP contribution in [0.3, 0.4) is 0 Å². The number of amides is 1. The summed E-state index contributed by atoms with van der Waals surface area (Å²) in [5.74, 6) is 0.802. The van der Waals surface area contributed by atoms with E-state index in [2.05, 4.69) is 5.16 Å². The molecule has 1 atom stereocenters. The molecule has 0 N–H and O–H groups in total. The normalized spacial score (nSPS) is 23.1. The fourth-order valence-corrected chi connectivity index (χ4v) is 2.17. The first-order valence-corrected chi connectivity index (χ1v) is 6.23. The summed E-state index contributed by atoms with van der Waals surface area (Å²) in [6.45, 7) is 9.04. The molecule has 1 amide bonds. The maximum atomic E-state index is 12.3. The molecular formula is C13H20N2O3. The van der Waals surface area contributed by atoms with Gasteiger partial charge in [0.05, 0.1) is 30.4 Å². The summed E-state index contributed by atoms with van der Waals surface area (Å²) in [4.78, 5) is 14.2. The summed E-state index contributed by atoms with van der Waals surface area (Å²) < 4.78 is 10.6. The van der Waals surface area contributed by atoms with E-state index in [0.29, 0.717) is 18.8 Å². The van der Waals surface area contributed by atoms with Crippen molar-refractivity contribution in [1.82, 2.24) is 10.1 Å². The van der Waals surface area contributed by atoms with Crippen molar-refractivity contribution in [2.24, 2.45) is 0 Å². The van der Waals surface area contributed by atoms with Gasteiger partial charge in [-0.1, -0.05) is 5.16 Å². The van der Waals surface area contributed by atoms with Gasteiger partial charge in [0.25, 0.3) is 0 Å². The molecule has 5 heteroatoms. The topological polar surface area (TPSA) is 55.6 Å². The number of aryl methyl sites for hydroxylation is 1. The first kappa shape index (κ1) is 13.1. The SMILES string of the molecule is Cc1cc(CC(=O)N2CC(C)OCC2(C)C)no1. The first-order chi connectivity index (χ1) is 8.38. The van der Waals surface area contributed by atoms with Crippen molar-refractivity contribution in [2.75, 3.05) is 13.2 Å². The first-order valence-electron chi connectivity index (χ1n) is 6.23. The highest BCUT2D eigenvalue weighted by atomic mass is 16.5. The van der Waals surface area contributed by atoms with Crippen LogP contribution in [-0.4, -0.2) is 40.8 Å². The zero-order chi connectivity index (χ0) is 13.3. The Morgan fingerprint density at radius 3 is 2.94 bits per heavy atom. The number of carbonyl (C=O) groups excluding carboxylic acids is 1. The maximum Gasteiger partial charge on any atom is 0.229 e. The minimum atomic E-state index is -0.262. The van der Waals surface area contributed by atoms with E-state index in [1.54, 1.807) is 6.07 Å². The molecule has 0 radical (unpaired) electrons. The van der Waals surface area contributed by atoms with Crippen LogP contribution in [0.2, 0.25) is 0 Å². The number of ether oxygens (including phenoxy) is 1. The molecule has 1 aromatic rings. The zero-order valence-corrected chi connectivity index (χ0v) is 11.4. The molecule has 0 aromatic carbocycles. The molecule has 1 saturated heterocycles. The fraction of sp³-hybridized carbons (Fsp3) is 0.692. The summed E-state index contributed by atoms with van der Waals surface area (Å²) in [6, 6.07) is 1.80. The van der Waals surface area contributed by atoms with Crippen molar-refractivity contribution in [3.8, 4) is 0 Å². The Labute approximate surface area is 107 Å². The van der Waals surface area contributed by atoms with Crippen LogP contribution >= 0.6 is 0 Å². The van der Waals surface area contributed by atoms with E-state index in [-0.39, 0.29) is 24.0 Å². The van der Waals surface area contributed by atoms with Gasteiger partial charge in [0.1, 0.15) is 5.76 Å². The Hall–Kier alpha value is -1.36. The molecule has 1 unspecified atom stereocenters. The van der Waals surface area contributed by atoms with Gasteiger partial charge in [0, 0.05) is 12.6 Å². The number of carbonyl (C=O) groups is 1. The van der Waals surface area contributed by atoms with Crippen molar-refractivity contribution in [2.45, 2.75) is 45.8 Å². The molecular weight excluding hydrogens is 232 g/mol. The number of aromatic nitrogens is 1. The quantitative estimate of drug-likeness (QED) is 0.801. The monoisotopic (exact) mass is 252 g/mol. The number of nitrogens with zero attached hydrogens (tertiary/aromatic N) is 2. The maximum absolute atomic E-state index is 12.3. The van der Waals surface area contributed by atoms with Crippen LogP contribution in [0.1, 0.15) is 32.2 Å². The van der Waals surface area contributed by atoms with E-state index in [0.717, 1.165) is 5.76 Å². The molecule has 18 heavy (non-hydrogen) atoms. The molecule has 0 saturated carbocycles. The molecule has 0 aliphatic carbocycles. The lowest BCUT2D eigenvalue weighted by Crippen LogP contribution is -2.58. The molecule has 1 fully saturated rings. The number of hydrogen-bond acceptors (Lipinski definition) is 4. The third kappa shape index (κ3) is 2.72. The molecule has 0 spiro atoms. The molecule has 1 aliphatic rings. The van der Waals surface area contributed by atoms with Crippen LogP contribution in [0, 0.1) is 6.92 Å². The van der Waals surface area contributed by atoms with Crippen molar-refractivity contribution in [3.63, 3.8) is 0 Å². The Bertz CT molecular complexity index is 439. The Kier molecular flexibility index (Phi) is 3.43. The van der Waals surface area contributed by atoms with E-state index in [1.807, 2.05) is 32.6 Å². The average Bonchev–Trinajstić information content (AvgIpc) is 2.67. The lowest BCUT2D eigenvalue weighted by atomic mass is 10.00. The van der Waals surface area contributed by atoms with Crippen LogP contribution in [0.15, 0.2) is 10.6 Å². The van der Waals surface area contributed by atoms with Crippen LogP contribution in [0.25, 0.3) is 0 Å². The third-order valence-corrected chi connectivity index (χ3v) is 3.20. The highest BCUT2D eigenvalue weighted by molar-refractivity contribution is 5.79. The van der Waals surface area contributed by atoms with E-state index in [1.165, 1.54) is 0 Å². The second kappa shape index (κ2) is 4.72. The Morgan fingerprint density at radius 2 is 2.33 bits per heavy atom. The number of rotatable bonds is 2. The third-order valence-electron chi connectivity index (χ3n) is 3.20. The standard InChI is InChI=1S/C13H20N2O3/c1-9-5-11(14-18-9)6-12(16)15-7-10(2)17-8-13(15,3)4/h5,10H,6-8H2,1-4H3. The van der Waals surface area contributed by atoms with Crippen LogP contribution in [0.4, 0.5) is 0 Å². The second-order valence-corrected chi connectivity index (χ2v) is 5.54. The van der Waals surface area contributed by atoms with Crippen molar-refractivity contribution >= 4 is 5.91 Å². The molecule has 2 rings (SSSR count). The van der Waals surface area contributed by atoms with E-state index < -0.39 is 0 Å². The predicted octanol–water partition coefficient (Wildman–Crippen LogP) is 1.55. The van der Waals surface area contributed by atoms with Gasteiger partial charge < -0.3 is 14.2 Å². The summed E-state index contributed by atoms with van der Waals surface area (Å²) in [5.41, 5.74) is 0.426. The van der Waals surface area contributed by atoms with Gasteiger partial charge in [-0.15, -0.1) is 0 Å². The number of hydrogen-bond donors (Lipinski definition) is 0. The van der Waals surface area contributed by atoms with Crippen molar-refractivity contribution < 1.29 is 14.1 Å². The highest BCUT2D eigenvalue weighted by Gasteiger charge is 2.36. The van der Waals surface area contributed by atoms with Gasteiger partial charge in [-0.25, -0.2) is 0 Å². The predicted molar refractivity (Wildman–Crippen MR) is 66.2 cm³/mol. The van der Waals surface area contributed by atoms with Crippen LogP contribution in [-0.2, 0) is 16.0 Å². The van der Waals surface area contributed by atoms with E-state index in [9.17, 15) is 4.79 Å². The van der Waals surface area contributed by atoms with Gasteiger partial charge >= 0.3 is 0 Å². The smallest absolute Gasteiger partial charge is 0.229 e. The van der Waals surface area contributed by atoms with Gasteiger partial charge in [-0.2, -0.15) is 0 Å². The number of morpholine rings is 1. The Balaban J connectivity index is 2.07. The minimum Gasteiger partial charge on any atom is -0.374 e. The van der Waals surface area contributed by atoms with Crippen molar-refractivity contribution in [3.05, 3.63) is 17.5 Å². The largest absolute Gasteiger partial charge is 0.374 e. The minimum absolute atomic E-state index is 0.0726. The fourth-order valence-electron chi connectivity index (χ4n) is 2.17.